The van der Waals surface area contributed by atoms with Crippen LogP contribution in [0, 0.1) is 0 Å². The first kappa shape index (κ1) is 9.89. The van der Waals surface area contributed by atoms with Gasteiger partial charge in [0.05, 0.1) is 0 Å². The van der Waals surface area contributed by atoms with Crippen LogP contribution < -0.4 is 0 Å². The summed E-state index contributed by atoms with van der Waals surface area (Å²) in [5, 5.41) is 0. The van der Waals surface area contributed by atoms with Gasteiger partial charge >= 0.3 is 0 Å². The van der Waals surface area contributed by atoms with Gasteiger partial charge in [0.25, 0.3) is 0 Å². The van der Waals surface area contributed by atoms with Gasteiger partial charge < -0.3 is 0 Å². The van der Waals surface area contributed by atoms with E-state index in [1.807, 2.05) is 44.2 Å². The lowest BCUT2D eigenvalue weighted by Crippen LogP contribution is -1.91. The third-order valence-corrected chi connectivity index (χ3v) is 1.30. The number of rotatable bonds is 3. The summed E-state index contributed by atoms with van der Waals surface area (Å²) in [6.07, 6.45) is 9.29. The van der Waals surface area contributed by atoms with Crippen LogP contribution in [-0.4, -0.2) is 5.78 Å². The van der Waals surface area contributed by atoms with Crippen LogP contribution >= 0.6 is 0 Å². The standard InChI is InChI=1S/C10H14O/c1-4-6-7-8-10(5-2)9(3)11/h4-8H,1-3H3/b6-4-,8-7-,10-5-. The van der Waals surface area contributed by atoms with Gasteiger partial charge in [-0.1, -0.05) is 30.4 Å². The molecule has 0 aliphatic rings. The third-order valence-electron chi connectivity index (χ3n) is 1.30. The Hall–Kier alpha value is -1.11. The van der Waals surface area contributed by atoms with Crippen molar-refractivity contribution < 1.29 is 4.79 Å². The van der Waals surface area contributed by atoms with E-state index >= 15 is 0 Å². The van der Waals surface area contributed by atoms with Crippen molar-refractivity contribution in [3.63, 3.8) is 0 Å². The van der Waals surface area contributed by atoms with Gasteiger partial charge in [0.1, 0.15) is 0 Å². The van der Waals surface area contributed by atoms with Crippen molar-refractivity contribution in [1.82, 2.24) is 0 Å². The van der Waals surface area contributed by atoms with Crippen molar-refractivity contribution in [3.05, 3.63) is 36.0 Å². The molecule has 0 spiro atoms. The minimum atomic E-state index is 0.105. The Kier molecular flexibility index (Phi) is 5.09. The number of ketones is 1. The molecule has 0 aromatic rings. The van der Waals surface area contributed by atoms with E-state index in [1.165, 1.54) is 0 Å². The van der Waals surface area contributed by atoms with Crippen molar-refractivity contribution >= 4 is 5.78 Å². The lowest BCUT2D eigenvalue weighted by Gasteiger charge is -1.90. The molecule has 1 nitrogen and oxygen atoms in total. The van der Waals surface area contributed by atoms with Crippen molar-refractivity contribution in [3.8, 4) is 0 Å². The van der Waals surface area contributed by atoms with Crippen LogP contribution in [-0.2, 0) is 4.79 Å². The molecule has 0 heterocycles. The summed E-state index contributed by atoms with van der Waals surface area (Å²) in [7, 11) is 0. The van der Waals surface area contributed by atoms with Gasteiger partial charge in [0, 0.05) is 5.57 Å². The van der Waals surface area contributed by atoms with Crippen molar-refractivity contribution in [1.29, 1.82) is 0 Å². The van der Waals surface area contributed by atoms with Crippen LogP contribution in [0.15, 0.2) is 36.0 Å². The quantitative estimate of drug-likeness (QED) is 0.446. The second kappa shape index (κ2) is 5.66. The molecule has 0 aliphatic carbocycles. The predicted octanol–water partition coefficient (Wildman–Crippen LogP) is 2.65. The fourth-order valence-electron chi connectivity index (χ4n) is 0.687. The van der Waals surface area contributed by atoms with E-state index in [-0.39, 0.29) is 5.78 Å². The summed E-state index contributed by atoms with van der Waals surface area (Å²) in [6, 6.07) is 0. The summed E-state index contributed by atoms with van der Waals surface area (Å²) < 4.78 is 0. The van der Waals surface area contributed by atoms with Crippen LogP contribution in [0.1, 0.15) is 20.8 Å². The van der Waals surface area contributed by atoms with E-state index in [0.717, 1.165) is 5.57 Å². The molecular formula is C10H14O. The molecule has 0 fully saturated rings. The molecular weight excluding hydrogens is 136 g/mol. The number of hydrogen-bond donors (Lipinski definition) is 0. The van der Waals surface area contributed by atoms with Crippen LogP contribution in [0.5, 0.6) is 0 Å². The number of carbonyl (C=O) groups excluding carboxylic acids is 1. The molecule has 0 amide bonds. The Morgan fingerprint density at radius 3 is 2.18 bits per heavy atom. The lowest BCUT2D eigenvalue weighted by molar-refractivity contribution is -0.113. The second-order valence-corrected chi connectivity index (χ2v) is 2.19. The molecule has 0 aromatic carbocycles. The summed E-state index contributed by atoms with van der Waals surface area (Å²) in [6.45, 7) is 5.36. The normalized spacial score (nSPS) is 13.2. The van der Waals surface area contributed by atoms with Gasteiger partial charge in [-0.15, -0.1) is 0 Å². The van der Waals surface area contributed by atoms with Gasteiger partial charge in [-0.2, -0.15) is 0 Å². The molecule has 0 rings (SSSR count). The molecule has 0 aliphatic heterocycles. The molecule has 0 bridgehead atoms. The van der Waals surface area contributed by atoms with Gasteiger partial charge in [-0.3, -0.25) is 4.79 Å². The molecule has 0 saturated heterocycles. The fourth-order valence-corrected chi connectivity index (χ4v) is 0.687. The molecule has 11 heavy (non-hydrogen) atoms. The first-order valence-corrected chi connectivity index (χ1v) is 3.69. The van der Waals surface area contributed by atoms with E-state index in [0.29, 0.717) is 0 Å². The van der Waals surface area contributed by atoms with E-state index < -0.39 is 0 Å². The molecule has 60 valence electrons. The number of hydrogen-bond acceptors (Lipinski definition) is 1. The smallest absolute Gasteiger partial charge is 0.159 e. The second-order valence-electron chi connectivity index (χ2n) is 2.19. The van der Waals surface area contributed by atoms with E-state index in [9.17, 15) is 4.79 Å². The third kappa shape index (κ3) is 4.31. The van der Waals surface area contributed by atoms with Crippen molar-refractivity contribution in [2.24, 2.45) is 0 Å². The Labute approximate surface area is 68.1 Å². The highest BCUT2D eigenvalue weighted by Crippen LogP contribution is 1.97. The zero-order valence-corrected chi connectivity index (χ0v) is 7.29. The fraction of sp³-hybridized carbons (Fsp3) is 0.300. The average Bonchev–Trinajstić information content (AvgIpc) is 1.97. The lowest BCUT2D eigenvalue weighted by atomic mass is 10.1. The van der Waals surface area contributed by atoms with Gasteiger partial charge in [0.2, 0.25) is 0 Å². The Bertz CT molecular complexity index is 207. The van der Waals surface area contributed by atoms with Crippen molar-refractivity contribution in [2.75, 3.05) is 0 Å². The number of allylic oxidation sites excluding steroid dienone is 6. The molecule has 0 radical (unpaired) electrons. The topological polar surface area (TPSA) is 17.1 Å². The summed E-state index contributed by atoms with van der Waals surface area (Å²) in [5.74, 6) is 0.105. The minimum Gasteiger partial charge on any atom is -0.295 e. The van der Waals surface area contributed by atoms with Crippen LogP contribution in [0.3, 0.4) is 0 Å². The maximum atomic E-state index is 10.8. The molecule has 1 heteroatoms. The molecule has 0 aromatic heterocycles. The Morgan fingerprint density at radius 1 is 1.18 bits per heavy atom. The van der Waals surface area contributed by atoms with Crippen LogP contribution in [0.2, 0.25) is 0 Å². The Balaban J connectivity index is 4.22. The predicted molar refractivity (Wildman–Crippen MR) is 48.4 cm³/mol. The average molecular weight is 150 g/mol. The first-order valence-electron chi connectivity index (χ1n) is 3.69. The zero-order valence-electron chi connectivity index (χ0n) is 7.29. The van der Waals surface area contributed by atoms with E-state index in [4.69, 9.17) is 0 Å². The highest BCUT2D eigenvalue weighted by molar-refractivity contribution is 5.95. The van der Waals surface area contributed by atoms with Gasteiger partial charge in [-0.05, 0) is 20.8 Å². The van der Waals surface area contributed by atoms with Crippen LogP contribution in [0.4, 0.5) is 0 Å². The number of Topliss-reactive ketones (excluding diaryl/α,β-unsaturated/α-hetero) is 1. The first-order chi connectivity index (χ1) is 5.22. The molecule has 0 N–H and O–H groups in total. The maximum Gasteiger partial charge on any atom is 0.159 e. The van der Waals surface area contributed by atoms with Gasteiger partial charge in [0.15, 0.2) is 5.78 Å². The minimum absolute atomic E-state index is 0.105. The summed E-state index contributed by atoms with van der Waals surface area (Å²) in [5.41, 5.74) is 0.753. The number of carbonyl (C=O) groups is 1. The van der Waals surface area contributed by atoms with E-state index in [2.05, 4.69) is 0 Å². The maximum absolute atomic E-state index is 10.8. The van der Waals surface area contributed by atoms with Crippen LogP contribution in [0.25, 0.3) is 0 Å². The zero-order chi connectivity index (χ0) is 8.69. The van der Waals surface area contributed by atoms with E-state index in [1.54, 1.807) is 6.92 Å². The summed E-state index contributed by atoms with van der Waals surface area (Å²) >= 11 is 0. The molecule has 0 atom stereocenters. The molecule has 0 saturated carbocycles. The van der Waals surface area contributed by atoms with Gasteiger partial charge in [-0.25, -0.2) is 0 Å². The van der Waals surface area contributed by atoms with Crippen molar-refractivity contribution in [2.45, 2.75) is 20.8 Å². The monoisotopic (exact) mass is 150 g/mol. The highest BCUT2D eigenvalue weighted by atomic mass is 16.1. The summed E-state index contributed by atoms with van der Waals surface area (Å²) in [4.78, 5) is 10.8. The largest absolute Gasteiger partial charge is 0.295 e. The molecule has 0 unspecified atom stereocenters. The SMILES string of the molecule is C\C=C/C=C\C(=C\C)C(C)=O. The Morgan fingerprint density at radius 2 is 1.82 bits per heavy atom. The highest BCUT2D eigenvalue weighted by Gasteiger charge is 1.94.